The van der Waals surface area contributed by atoms with E-state index in [4.69, 9.17) is 15.2 Å². The van der Waals surface area contributed by atoms with Crippen molar-refractivity contribution in [1.29, 1.82) is 0 Å². The number of ether oxygens (including phenoxy) is 2. The van der Waals surface area contributed by atoms with E-state index >= 15 is 0 Å². The number of hydrogen-bond donors (Lipinski definition) is 3. The molecule has 5 nitrogen and oxygen atoms in total. The zero-order chi connectivity index (χ0) is 19.9. The van der Waals surface area contributed by atoms with Crippen molar-refractivity contribution in [2.24, 2.45) is 0 Å². The average molecular weight is 389 g/mol. The normalized spacial score (nSPS) is 18.5. The molecule has 0 radical (unpaired) electrons. The lowest BCUT2D eigenvalue weighted by atomic mass is 10.0. The molecule has 150 valence electrons. The zero-order valence-electron chi connectivity index (χ0n) is 16.4. The minimum absolute atomic E-state index is 0.224. The fraction of sp³-hybridized carbons (Fsp3) is 0.250. The van der Waals surface area contributed by atoms with Gasteiger partial charge in [0, 0.05) is 12.5 Å². The Morgan fingerprint density at radius 3 is 2.38 bits per heavy atom. The fourth-order valence-corrected chi connectivity index (χ4v) is 3.48. The van der Waals surface area contributed by atoms with Crippen molar-refractivity contribution in [2.45, 2.75) is 24.9 Å². The van der Waals surface area contributed by atoms with Crippen LogP contribution in [0.25, 0.3) is 0 Å². The molecule has 29 heavy (non-hydrogen) atoms. The highest BCUT2D eigenvalue weighted by Crippen LogP contribution is 2.26. The van der Waals surface area contributed by atoms with Gasteiger partial charge in [-0.3, -0.25) is 5.43 Å². The van der Waals surface area contributed by atoms with Crippen molar-refractivity contribution in [3.8, 4) is 11.5 Å². The number of hydrazine groups is 1. The molecule has 2 atom stereocenters. The molecule has 3 aromatic carbocycles. The lowest BCUT2D eigenvalue weighted by Gasteiger charge is -2.13. The fourth-order valence-electron chi connectivity index (χ4n) is 3.48. The molecular weight excluding hydrogens is 362 g/mol. The predicted molar refractivity (Wildman–Crippen MR) is 116 cm³/mol. The van der Waals surface area contributed by atoms with Crippen LogP contribution in [0.2, 0.25) is 0 Å². The van der Waals surface area contributed by atoms with Crippen LogP contribution in [0.5, 0.6) is 11.5 Å². The van der Waals surface area contributed by atoms with Crippen LogP contribution in [0.15, 0.2) is 78.9 Å². The minimum atomic E-state index is 0.224. The van der Waals surface area contributed by atoms with Crippen molar-refractivity contribution in [3.63, 3.8) is 0 Å². The lowest BCUT2D eigenvalue weighted by molar-refractivity contribution is 0.274. The van der Waals surface area contributed by atoms with E-state index in [0.29, 0.717) is 18.9 Å². The molecule has 1 heterocycles. The number of para-hydroxylation sites is 2. The van der Waals surface area contributed by atoms with Gasteiger partial charge in [0.25, 0.3) is 0 Å². The molecule has 4 N–H and O–H groups in total. The largest absolute Gasteiger partial charge is 0.493 e. The van der Waals surface area contributed by atoms with Crippen molar-refractivity contribution in [1.82, 2.24) is 10.9 Å². The molecule has 0 amide bonds. The van der Waals surface area contributed by atoms with E-state index in [2.05, 4.69) is 47.2 Å². The predicted octanol–water partition coefficient (Wildman–Crippen LogP) is 3.88. The third kappa shape index (κ3) is 5.28. The Hall–Kier alpha value is -3.02. The Kier molecular flexibility index (Phi) is 6.29. The van der Waals surface area contributed by atoms with Crippen molar-refractivity contribution in [2.75, 3.05) is 18.9 Å². The molecule has 0 spiro atoms. The first-order valence-corrected chi connectivity index (χ1v) is 10.0. The zero-order valence-corrected chi connectivity index (χ0v) is 16.4. The summed E-state index contributed by atoms with van der Waals surface area (Å²) in [4.78, 5) is 0. The van der Waals surface area contributed by atoms with Gasteiger partial charge in [-0.2, -0.15) is 0 Å². The maximum absolute atomic E-state index is 5.93. The quantitative estimate of drug-likeness (QED) is 0.510. The van der Waals surface area contributed by atoms with Crippen molar-refractivity contribution < 1.29 is 9.47 Å². The number of anilines is 1. The lowest BCUT2D eigenvalue weighted by Crippen LogP contribution is -2.34. The van der Waals surface area contributed by atoms with Crippen molar-refractivity contribution in [3.05, 3.63) is 90.0 Å². The minimum Gasteiger partial charge on any atom is -0.493 e. The Bertz CT molecular complexity index is 900. The van der Waals surface area contributed by atoms with Gasteiger partial charge in [-0.05, 0) is 41.8 Å². The van der Waals surface area contributed by atoms with E-state index in [-0.39, 0.29) is 12.1 Å². The van der Waals surface area contributed by atoms with Crippen LogP contribution < -0.4 is 26.1 Å². The van der Waals surface area contributed by atoms with Gasteiger partial charge in [0.15, 0.2) is 0 Å². The summed E-state index contributed by atoms with van der Waals surface area (Å²) >= 11 is 0. The van der Waals surface area contributed by atoms with Gasteiger partial charge in [0.1, 0.15) is 18.1 Å². The van der Waals surface area contributed by atoms with Gasteiger partial charge in [-0.15, -0.1) is 0 Å². The number of hydrogen-bond acceptors (Lipinski definition) is 5. The smallest absolute Gasteiger partial charge is 0.142 e. The van der Waals surface area contributed by atoms with Gasteiger partial charge < -0.3 is 15.2 Å². The third-order valence-electron chi connectivity index (χ3n) is 5.13. The van der Waals surface area contributed by atoms with Gasteiger partial charge in [-0.1, -0.05) is 54.6 Å². The standard InChI is InChI=1S/C24H27N3O2/c25-22-8-4-5-9-24(22)29-17-20-16-23(27-26-20)19-10-12-21(13-11-19)28-15-14-18-6-2-1-3-7-18/h1-13,20,23,26-27H,14-17,25H2. The first kappa shape index (κ1) is 19.3. The van der Waals surface area contributed by atoms with E-state index in [1.54, 1.807) is 0 Å². The Morgan fingerprint density at radius 1 is 0.828 bits per heavy atom. The number of nitrogens with two attached hydrogens (primary N) is 1. The van der Waals surface area contributed by atoms with Crippen LogP contribution >= 0.6 is 0 Å². The van der Waals surface area contributed by atoms with Crippen LogP contribution in [0.3, 0.4) is 0 Å². The van der Waals surface area contributed by atoms with Gasteiger partial charge >= 0.3 is 0 Å². The monoisotopic (exact) mass is 389 g/mol. The van der Waals surface area contributed by atoms with Crippen LogP contribution in [0.4, 0.5) is 5.69 Å². The summed E-state index contributed by atoms with van der Waals surface area (Å²) in [5.74, 6) is 1.63. The SMILES string of the molecule is Nc1ccccc1OCC1CC(c2ccc(OCCc3ccccc3)cc2)NN1. The summed E-state index contributed by atoms with van der Waals surface area (Å²) < 4.78 is 11.7. The summed E-state index contributed by atoms with van der Waals surface area (Å²) in [6.45, 7) is 1.24. The molecule has 4 rings (SSSR count). The molecule has 0 aliphatic carbocycles. The molecule has 5 heteroatoms. The molecule has 1 saturated heterocycles. The second kappa shape index (κ2) is 9.45. The number of nitrogen functional groups attached to an aromatic ring is 1. The molecule has 3 aromatic rings. The molecule has 1 aliphatic rings. The molecule has 0 saturated carbocycles. The van der Waals surface area contributed by atoms with Crippen LogP contribution in [-0.2, 0) is 6.42 Å². The van der Waals surface area contributed by atoms with Crippen LogP contribution in [-0.4, -0.2) is 19.3 Å². The van der Waals surface area contributed by atoms with E-state index < -0.39 is 0 Å². The summed E-state index contributed by atoms with van der Waals surface area (Å²) in [5, 5.41) is 0. The summed E-state index contributed by atoms with van der Waals surface area (Å²) in [6, 6.07) is 26.8. The van der Waals surface area contributed by atoms with E-state index in [1.165, 1.54) is 11.1 Å². The molecule has 1 fully saturated rings. The number of rotatable bonds is 8. The van der Waals surface area contributed by atoms with E-state index in [0.717, 1.165) is 24.3 Å². The Labute approximate surface area is 171 Å². The average Bonchev–Trinajstić information content (AvgIpc) is 3.23. The summed E-state index contributed by atoms with van der Waals surface area (Å²) in [5.41, 5.74) is 15.8. The molecule has 1 aliphatic heterocycles. The van der Waals surface area contributed by atoms with E-state index in [1.807, 2.05) is 42.5 Å². The van der Waals surface area contributed by atoms with Gasteiger partial charge in [-0.25, -0.2) is 5.43 Å². The topological polar surface area (TPSA) is 68.5 Å². The number of nitrogens with one attached hydrogen (secondary N) is 2. The molecular formula is C24H27N3O2. The second-order valence-electron chi connectivity index (χ2n) is 7.28. The van der Waals surface area contributed by atoms with Crippen LogP contribution in [0, 0.1) is 0 Å². The van der Waals surface area contributed by atoms with Crippen molar-refractivity contribution >= 4 is 5.69 Å². The van der Waals surface area contributed by atoms with Gasteiger partial charge in [0.2, 0.25) is 0 Å². The highest BCUT2D eigenvalue weighted by atomic mass is 16.5. The first-order chi connectivity index (χ1) is 14.3. The highest BCUT2D eigenvalue weighted by Gasteiger charge is 2.25. The Morgan fingerprint density at radius 2 is 1.59 bits per heavy atom. The van der Waals surface area contributed by atoms with E-state index in [9.17, 15) is 0 Å². The second-order valence-corrected chi connectivity index (χ2v) is 7.28. The summed E-state index contributed by atoms with van der Waals surface area (Å²) in [6.07, 6.45) is 1.85. The maximum Gasteiger partial charge on any atom is 0.142 e. The molecule has 0 bridgehead atoms. The third-order valence-corrected chi connectivity index (χ3v) is 5.13. The van der Waals surface area contributed by atoms with Gasteiger partial charge in [0.05, 0.1) is 18.3 Å². The summed E-state index contributed by atoms with van der Waals surface area (Å²) in [7, 11) is 0. The molecule has 2 unspecified atom stereocenters. The highest BCUT2D eigenvalue weighted by molar-refractivity contribution is 5.51. The van der Waals surface area contributed by atoms with Crippen LogP contribution in [0.1, 0.15) is 23.6 Å². The molecule has 0 aromatic heterocycles. The number of benzene rings is 3. The maximum atomic E-state index is 5.93. The first-order valence-electron chi connectivity index (χ1n) is 10.0. The Balaban J connectivity index is 1.23.